The van der Waals surface area contributed by atoms with Gasteiger partial charge in [-0.3, -0.25) is 18.6 Å². The zero-order valence-electron chi connectivity index (χ0n) is 39.2. The van der Waals surface area contributed by atoms with Crippen LogP contribution in [0.3, 0.4) is 0 Å². The predicted molar refractivity (Wildman–Crippen MR) is 252 cm³/mol. The van der Waals surface area contributed by atoms with E-state index in [0.717, 1.165) is 44.9 Å². The van der Waals surface area contributed by atoms with Crippen LogP contribution in [0.15, 0.2) is 60.8 Å². The van der Waals surface area contributed by atoms with Crippen LogP contribution in [0.5, 0.6) is 0 Å². The van der Waals surface area contributed by atoms with Crippen LogP contribution in [0.4, 0.5) is 0 Å². The van der Waals surface area contributed by atoms with Gasteiger partial charge in [-0.1, -0.05) is 190 Å². The second kappa shape index (κ2) is 42.0. The lowest BCUT2D eigenvalue weighted by atomic mass is 10.0. The molecule has 348 valence electrons. The first-order valence-electron chi connectivity index (χ1n) is 24.0. The van der Waals surface area contributed by atoms with Crippen molar-refractivity contribution in [2.75, 3.05) is 47.5 Å². The van der Waals surface area contributed by atoms with Gasteiger partial charge in [-0.15, -0.1) is 0 Å². The van der Waals surface area contributed by atoms with Gasteiger partial charge in [-0.2, -0.15) is 0 Å². The summed E-state index contributed by atoms with van der Waals surface area (Å²) in [5.74, 6) is -0.892. The highest BCUT2D eigenvalue weighted by molar-refractivity contribution is 7.47. The van der Waals surface area contributed by atoms with Crippen LogP contribution in [0.25, 0.3) is 0 Å². The molecule has 0 rings (SSSR count). The first-order valence-corrected chi connectivity index (χ1v) is 25.5. The number of phosphoric ester groups is 1. The van der Waals surface area contributed by atoms with Gasteiger partial charge in [0.1, 0.15) is 19.8 Å². The Morgan fingerprint density at radius 2 is 0.933 bits per heavy atom. The number of ether oxygens (including phenoxy) is 2. The number of esters is 2. The van der Waals surface area contributed by atoms with E-state index in [4.69, 9.17) is 18.5 Å². The van der Waals surface area contributed by atoms with Gasteiger partial charge in [0.05, 0.1) is 27.7 Å². The summed E-state index contributed by atoms with van der Waals surface area (Å²) in [5.41, 5.74) is 0. The fraction of sp³-hybridized carbons (Fsp3) is 0.760. The predicted octanol–water partition coefficient (Wildman–Crippen LogP) is 14.0. The summed E-state index contributed by atoms with van der Waals surface area (Å²) in [6, 6.07) is 0. The minimum atomic E-state index is -4.40. The molecule has 0 aliphatic carbocycles. The first kappa shape index (κ1) is 57.7. The monoisotopic (exact) mass is 865 g/mol. The highest BCUT2D eigenvalue weighted by Gasteiger charge is 2.27. The molecule has 1 N–H and O–H groups in total. The van der Waals surface area contributed by atoms with Crippen molar-refractivity contribution in [3.63, 3.8) is 0 Å². The molecule has 0 radical (unpaired) electrons. The third-order valence-corrected chi connectivity index (χ3v) is 11.0. The van der Waals surface area contributed by atoms with Gasteiger partial charge in [0.25, 0.3) is 0 Å². The first-order chi connectivity index (χ1) is 29.0. The number of likely N-dealkylation sites (N-methyl/N-ethyl adjacent to an activating group) is 1. The SMILES string of the molecule is CCCCC/C=C\C/C=C\C/C=C\C/C=C\C/C=C\CCC(=O)O[C@H](COC(=O)CCCCCCCCCCCCCCCCCCC)COP(=O)(O)OCC[N+](C)(C)C. The molecule has 10 heteroatoms. The van der Waals surface area contributed by atoms with Crippen LogP contribution < -0.4 is 0 Å². The van der Waals surface area contributed by atoms with Gasteiger partial charge in [-0.25, -0.2) is 4.57 Å². The number of phosphoric acid groups is 1. The van der Waals surface area contributed by atoms with Crippen LogP contribution in [0, 0.1) is 0 Å². The van der Waals surface area contributed by atoms with Crippen LogP contribution in [0.2, 0.25) is 0 Å². The minimum Gasteiger partial charge on any atom is -0.462 e. The molecular formula is C50H91NO8P+. The molecule has 0 aromatic carbocycles. The lowest BCUT2D eigenvalue weighted by Crippen LogP contribution is -2.37. The Labute approximate surface area is 368 Å². The number of hydrogen-bond donors (Lipinski definition) is 1. The number of unbranched alkanes of at least 4 members (excludes halogenated alkanes) is 19. The molecule has 0 saturated carbocycles. The van der Waals surface area contributed by atoms with Crippen molar-refractivity contribution in [2.45, 2.75) is 200 Å². The minimum absolute atomic E-state index is 0.0173. The van der Waals surface area contributed by atoms with Gasteiger partial charge < -0.3 is 18.9 Å². The van der Waals surface area contributed by atoms with E-state index >= 15 is 0 Å². The Kier molecular flexibility index (Phi) is 40.4. The van der Waals surface area contributed by atoms with Crippen molar-refractivity contribution in [3.05, 3.63) is 60.8 Å². The zero-order valence-corrected chi connectivity index (χ0v) is 40.1. The largest absolute Gasteiger partial charge is 0.472 e. The summed E-state index contributed by atoms with van der Waals surface area (Å²) < 4.78 is 34.3. The van der Waals surface area contributed by atoms with E-state index < -0.39 is 26.5 Å². The molecule has 0 aliphatic heterocycles. The molecule has 1 unspecified atom stereocenters. The van der Waals surface area contributed by atoms with Gasteiger partial charge in [0.15, 0.2) is 6.10 Å². The van der Waals surface area contributed by atoms with E-state index in [9.17, 15) is 19.0 Å². The standard InChI is InChI=1S/C50H90NO8P/c1-6-8-10-12-14-16-18-20-22-24-25-27-29-31-33-35-37-39-41-43-50(53)59-48(47-58-60(54,55)57-45-44-51(3,4)5)46-56-49(52)42-40-38-36-34-32-30-28-26-23-21-19-17-15-13-11-9-7-2/h14,16,20,22,25,27,31,33,37,39,48H,6-13,15,17-19,21,23-24,26,28-30,32,34-36,38,40-47H2,1-5H3/p+1/b16-14-,22-20-,27-25-,33-31-,39-37-/t48-/m1/s1. The summed E-state index contributed by atoms with van der Waals surface area (Å²) in [6.07, 6.45) is 51.4. The molecular weight excluding hydrogens is 774 g/mol. The van der Waals surface area contributed by atoms with Crippen molar-refractivity contribution in [3.8, 4) is 0 Å². The van der Waals surface area contributed by atoms with Crippen LogP contribution in [-0.4, -0.2) is 74.9 Å². The van der Waals surface area contributed by atoms with E-state index in [1.54, 1.807) is 0 Å². The van der Waals surface area contributed by atoms with Crippen LogP contribution in [0.1, 0.15) is 194 Å². The third-order valence-electron chi connectivity index (χ3n) is 10.1. The number of carbonyl (C=O) groups is 2. The second-order valence-electron chi connectivity index (χ2n) is 17.1. The van der Waals surface area contributed by atoms with Gasteiger partial charge in [-0.05, 0) is 51.4 Å². The van der Waals surface area contributed by atoms with Crippen molar-refractivity contribution >= 4 is 19.8 Å². The van der Waals surface area contributed by atoms with Crippen molar-refractivity contribution in [1.29, 1.82) is 0 Å². The highest BCUT2D eigenvalue weighted by Crippen LogP contribution is 2.43. The molecule has 0 aromatic rings. The van der Waals surface area contributed by atoms with Crippen LogP contribution in [-0.2, 0) is 32.7 Å². The van der Waals surface area contributed by atoms with Crippen molar-refractivity contribution < 1.29 is 42.1 Å². The fourth-order valence-corrected chi connectivity index (χ4v) is 7.03. The third kappa shape index (κ3) is 45.2. The Balaban J connectivity index is 4.42. The van der Waals surface area contributed by atoms with Crippen molar-refractivity contribution in [1.82, 2.24) is 0 Å². The number of hydrogen-bond acceptors (Lipinski definition) is 7. The summed E-state index contributed by atoms with van der Waals surface area (Å²) in [5, 5.41) is 0. The molecule has 60 heavy (non-hydrogen) atoms. The lowest BCUT2D eigenvalue weighted by molar-refractivity contribution is -0.870. The average Bonchev–Trinajstić information content (AvgIpc) is 3.20. The summed E-state index contributed by atoms with van der Waals surface area (Å²) in [6.45, 7) is 4.32. The second-order valence-corrected chi connectivity index (χ2v) is 18.6. The molecule has 0 aromatic heterocycles. The maximum Gasteiger partial charge on any atom is 0.472 e. The summed E-state index contributed by atoms with van der Waals surface area (Å²) in [4.78, 5) is 35.4. The van der Waals surface area contributed by atoms with Gasteiger partial charge in [0.2, 0.25) is 0 Å². The highest BCUT2D eigenvalue weighted by atomic mass is 31.2. The quantitative estimate of drug-likeness (QED) is 0.0212. The number of rotatable bonds is 43. The molecule has 0 heterocycles. The van der Waals surface area contributed by atoms with Crippen molar-refractivity contribution in [2.24, 2.45) is 0 Å². The Morgan fingerprint density at radius 1 is 0.517 bits per heavy atom. The normalized spacial score (nSPS) is 14.0. The van der Waals surface area contributed by atoms with Crippen LogP contribution >= 0.6 is 7.82 Å². The number of nitrogens with zero attached hydrogens (tertiary/aromatic N) is 1. The number of allylic oxidation sites excluding steroid dienone is 10. The van der Waals surface area contributed by atoms with E-state index in [0.29, 0.717) is 17.4 Å². The molecule has 0 amide bonds. The maximum absolute atomic E-state index is 12.7. The average molecular weight is 865 g/mol. The molecule has 0 spiro atoms. The number of carbonyl (C=O) groups excluding carboxylic acids is 2. The zero-order chi connectivity index (χ0) is 44.3. The number of quaternary nitrogens is 1. The van der Waals surface area contributed by atoms with Gasteiger partial charge in [0, 0.05) is 12.8 Å². The summed E-state index contributed by atoms with van der Waals surface area (Å²) >= 11 is 0. The topological polar surface area (TPSA) is 108 Å². The van der Waals surface area contributed by atoms with E-state index in [2.05, 4.69) is 62.5 Å². The van der Waals surface area contributed by atoms with E-state index in [-0.39, 0.29) is 32.0 Å². The van der Waals surface area contributed by atoms with E-state index in [1.807, 2.05) is 33.3 Å². The Bertz CT molecular complexity index is 1210. The Morgan fingerprint density at radius 3 is 1.40 bits per heavy atom. The lowest BCUT2D eigenvalue weighted by Gasteiger charge is -2.24. The molecule has 0 fully saturated rings. The molecule has 9 nitrogen and oxygen atoms in total. The van der Waals surface area contributed by atoms with E-state index in [1.165, 1.54) is 116 Å². The maximum atomic E-state index is 12.7. The molecule has 0 saturated heterocycles. The molecule has 0 bridgehead atoms. The summed E-state index contributed by atoms with van der Waals surface area (Å²) in [7, 11) is 1.43. The molecule has 2 atom stereocenters. The smallest absolute Gasteiger partial charge is 0.462 e. The Hall–Kier alpha value is -2.29. The fourth-order valence-electron chi connectivity index (χ4n) is 6.29. The molecule has 0 aliphatic rings. The van der Waals surface area contributed by atoms with Gasteiger partial charge >= 0.3 is 19.8 Å².